The molecule has 0 aromatic heterocycles. The van der Waals surface area contributed by atoms with Crippen molar-refractivity contribution in [2.45, 2.75) is 46.8 Å². The number of hydrogen-bond acceptors (Lipinski definition) is 3. The number of nitrogens with one attached hydrogen (secondary N) is 1. The molecule has 0 spiro atoms. The minimum absolute atomic E-state index is 0.102. The zero-order valence-corrected chi connectivity index (χ0v) is 13.3. The Balaban J connectivity index is 2.38. The standard InChI is InChI=1S/C17H25NO3/c1-12(2)10-13(3)16(19)18-14(4)17(20)21-11-15-8-6-5-7-9-15/h5-9,12-14H,10-11H2,1-4H3,(H,18,19)/t13-,14-/m0/s1. The molecule has 0 heterocycles. The van der Waals surface area contributed by atoms with Gasteiger partial charge < -0.3 is 10.1 Å². The Labute approximate surface area is 126 Å². The smallest absolute Gasteiger partial charge is 0.328 e. The van der Waals surface area contributed by atoms with Crippen molar-refractivity contribution in [3.05, 3.63) is 35.9 Å². The van der Waals surface area contributed by atoms with E-state index in [1.54, 1.807) is 6.92 Å². The maximum atomic E-state index is 11.9. The van der Waals surface area contributed by atoms with Gasteiger partial charge in [0.2, 0.25) is 5.91 Å². The molecule has 0 fully saturated rings. The van der Waals surface area contributed by atoms with Crippen LogP contribution in [0.15, 0.2) is 30.3 Å². The Morgan fingerprint density at radius 1 is 1.10 bits per heavy atom. The zero-order chi connectivity index (χ0) is 15.8. The summed E-state index contributed by atoms with van der Waals surface area (Å²) in [5, 5.41) is 2.71. The summed E-state index contributed by atoms with van der Waals surface area (Å²) in [5.41, 5.74) is 0.928. The third kappa shape index (κ3) is 6.43. The molecule has 0 aliphatic carbocycles. The first-order valence-electron chi connectivity index (χ1n) is 7.41. The van der Waals surface area contributed by atoms with E-state index in [2.05, 4.69) is 19.2 Å². The molecule has 0 unspecified atom stereocenters. The van der Waals surface area contributed by atoms with Crippen LogP contribution in [0.1, 0.15) is 39.7 Å². The maximum Gasteiger partial charge on any atom is 0.328 e. The molecule has 0 aliphatic heterocycles. The fourth-order valence-corrected chi connectivity index (χ4v) is 2.08. The maximum absolute atomic E-state index is 11.9. The number of hydrogen-bond donors (Lipinski definition) is 1. The van der Waals surface area contributed by atoms with Gasteiger partial charge in [0.1, 0.15) is 12.6 Å². The Hall–Kier alpha value is -1.84. The molecule has 0 radical (unpaired) electrons. The molecule has 21 heavy (non-hydrogen) atoms. The first-order valence-corrected chi connectivity index (χ1v) is 7.41. The van der Waals surface area contributed by atoms with Gasteiger partial charge in [-0.05, 0) is 24.8 Å². The van der Waals surface area contributed by atoms with Gasteiger partial charge in [-0.15, -0.1) is 0 Å². The number of esters is 1. The van der Waals surface area contributed by atoms with Gasteiger partial charge in [-0.25, -0.2) is 4.79 Å². The minimum Gasteiger partial charge on any atom is -0.459 e. The number of carbonyl (C=O) groups excluding carboxylic acids is 2. The van der Waals surface area contributed by atoms with Crippen molar-refractivity contribution < 1.29 is 14.3 Å². The second-order valence-electron chi connectivity index (χ2n) is 5.85. The fraction of sp³-hybridized carbons (Fsp3) is 0.529. The lowest BCUT2D eigenvalue weighted by Gasteiger charge is -2.18. The number of ether oxygens (including phenoxy) is 1. The highest BCUT2D eigenvalue weighted by molar-refractivity contribution is 5.85. The van der Waals surface area contributed by atoms with E-state index in [9.17, 15) is 9.59 Å². The van der Waals surface area contributed by atoms with E-state index < -0.39 is 12.0 Å². The summed E-state index contributed by atoms with van der Waals surface area (Å²) in [6.45, 7) is 7.88. The summed E-state index contributed by atoms with van der Waals surface area (Å²) in [4.78, 5) is 23.8. The highest BCUT2D eigenvalue weighted by atomic mass is 16.5. The van der Waals surface area contributed by atoms with Gasteiger partial charge in [0.05, 0.1) is 0 Å². The van der Waals surface area contributed by atoms with E-state index in [1.807, 2.05) is 37.3 Å². The van der Waals surface area contributed by atoms with Gasteiger partial charge >= 0.3 is 5.97 Å². The van der Waals surface area contributed by atoms with Crippen LogP contribution in [0.5, 0.6) is 0 Å². The number of benzene rings is 1. The van der Waals surface area contributed by atoms with E-state index >= 15 is 0 Å². The predicted molar refractivity (Wildman–Crippen MR) is 82.5 cm³/mol. The van der Waals surface area contributed by atoms with Crippen molar-refractivity contribution in [3.8, 4) is 0 Å². The second kappa shape index (κ2) is 8.45. The first-order chi connectivity index (χ1) is 9.90. The molecule has 4 heteroatoms. The second-order valence-corrected chi connectivity index (χ2v) is 5.85. The fourth-order valence-electron chi connectivity index (χ4n) is 2.08. The van der Waals surface area contributed by atoms with Gasteiger partial charge in [-0.2, -0.15) is 0 Å². The normalized spacial score (nSPS) is 13.6. The van der Waals surface area contributed by atoms with E-state index in [0.717, 1.165) is 12.0 Å². The molecule has 2 atom stereocenters. The molecule has 1 amide bonds. The zero-order valence-electron chi connectivity index (χ0n) is 13.3. The van der Waals surface area contributed by atoms with Gasteiger partial charge in [0, 0.05) is 5.92 Å². The highest BCUT2D eigenvalue weighted by Gasteiger charge is 2.21. The van der Waals surface area contributed by atoms with E-state index in [-0.39, 0.29) is 18.4 Å². The van der Waals surface area contributed by atoms with E-state index in [1.165, 1.54) is 0 Å². The molecule has 0 aliphatic rings. The average molecular weight is 291 g/mol. The molecule has 1 rings (SSSR count). The predicted octanol–water partition coefficient (Wildman–Crippen LogP) is 2.92. The van der Waals surface area contributed by atoms with Gasteiger partial charge in [-0.1, -0.05) is 51.1 Å². The van der Waals surface area contributed by atoms with Crippen molar-refractivity contribution in [2.75, 3.05) is 0 Å². The summed E-state index contributed by atoms with van der Waals surface area (Å²) >= 11 is 0. The highest BCUT2D eigenvalue weighted by Crippen LogP contribution is 2.11. The summed E-state index contributed by atoms with van der Waals surface area (Å²) in [6, 6.07) is 8.84. The van der Waals surface area contributed by atoms with Crippen LogP contribution >= 0.6 is 0 Å². The van der Waals surface area contributed by atoms with Crippen LogP contribution in [0.3, 0.4) is 0 Å². The van der Waals surface area contributed by atoms with Crippen molar-refractivity contribution in [2.24, 2.45) is 11.8 Å². The number of carbonyl (C=O) groups is 2. The number of amides is 1. The van der Waals surface area contributed by atoms with Crippen LogP contribution < -0.4 is 5.32 Å². The van der Waals surface area contributed by atoms with Crippen molar-refractivity contribution in [1.29, 1.82) is 0 Å². The molecule has 0 saturated carbocycles. The lowest BCUT2D eigenvalue weighted by Crippen LogP contribution is -2.42. The molecular weight excluding hydrogens is 266 g/mol. The minimum atomic E-state index is -0.629. The molecule has 1 aromatic rings. The van der Waals surface area contributed by atoms with Crippen LogP contribution in [-0.4, -0.2) is 17.9 Å². The molecule has 1 aromatic carbocycles. The first kappa shape index (κ1) is 17.2. The SMILES string of the molecule is CC(C)C[C@H](C)C(=O)N[C@@H](C)C(=O)OCc1ccccc1. The summed E-state index contributed by atoms with van der Waals surface area (Å²) in [5.74, 6) is -0.169. The average Bonchev–Trinajstić information content (AvgIpc) is 2.44. The molecule has 0 bridgehead atoms. The quantitative estimate of drug-likeness (QED) is 0.786. The lowest BCUT2D eigenvalue weighted by atomic mass is 9.98. The van der Waals surface area contributed by atoms with Crippen molar-refractivity contribution in [3.63, 3.8) is 0 Å². The Morgan fingerprint density at radius 3 is 2.29 bits per heavy atom. The van der Waals surface area contributed by atoms with Crippen molar-refractivity contribution in [1.82, 2.24) is 5.32 Å². The molecular formula is C17H25NO3. The van der Waals surface area contributed by atoms with Gasteiger partial charge in [0.25, 0.3) is 0 Å². The van der Waals surface area contributed by atoms with E-state index in [4.69, 9.17) is 4.74 Å². The third-order valence-corrected chi connectivity index (χ3v) is 3.21. The van der Waals surface area contributed by atoms with Crippen LogP contribution in [0.4, 0.5) is 0 Å². The summed E-state index contributed by atoms with van der Waals surface area (Å²) < 4.78 is 5.20. The van der Waals surface area contributed by atoms with Crippen LogP contribution in [0, 0.1) is 11.8 Å². The lowest BCUT2D eigenvalue weighted by molar-refractivity contribution is -0.149. The van der Waals surface area contributed by atoms with Crippen molar-refractivity contribution >= 4 is 11.9 Å². The topological polar surface area (TPSA) is 55.4 Å². The summed E-state index contributed by atoms with van der Waals surface area (Å²) in [7, 11) is 0. The summed E-state index contributed by atoms with van der Waals surface area (Å²) in [6.07, 6.45) is 0.803. The van der Waals surface area contributed by atoms with Crippen LogP contribution in [-0.2, 0) is 20.9 Å². The molecule has 4 nitrogen and oxygen atoms in total. The Bertz CT molecular complexity index is 456. The van der Waals surface area contributed by atoms with Gasteiger partial charge in [-0.3, -0.25) is 4.79 Å². The van der Waals surface area contributed by atoms with Crippen LogP contribution in [0.2, 0.25) is 0 Å². The molecule has 0 saturated heterocycles. The largest absolute Gasteiger partial charge is 0.459 e. The monoisotopic (exact) mass is 291 g/mol. The van der Waals surface area contributed by atoms with Gasteiger partial charge in [0.15, 0.2) is 0 Å². The number of rotatable bonds is 7. The Morgan fingerprint density at radius 2 is 1.71 bits per heavy atom. The Kier molecular flexibility index (Phi) is 6.92. The van der Waals surface area contributed by atoms with Crippen LogP contribution in [0.25, 0.3) is 0 Å². The van der Waals surface area contributed by atoms with E-state index in [0.29, 0.717) is 5.92 Å². The molecule has 116 valence electrons. The molecule has 1 N–H and O–H groups in total. The third-order valence-electron chi connectivity index (χ3n) is 3.21.